The Hall–Kier alpha value is -2.56. The zero-order valence-electron chi connectivity index (χ0n) is 14.9. The Kier molecular flexibility index (Phi) is 5.53. The number of carbonyl (C=O) groups excluding carboxylic acids is 1. The van der Waals surface area contributed by atoms with Crippen LogP contribution in [0.5, 0.6) is 5.75 Å². The topological polar surface area (TPSA) is 45.7 Å². The summed E-state index contributed by atoms with van der Waals surface area (Å²) in [6.45, 7) is 1.83. The first-order chi connectivity index (χ1) is 12.2. The standard InChI is InChI=1S/C20H25N3O2/c1-22(20(24)14-16-8-10-18(25-2)11-9-16)17-6-5-13-23(15-17)19-7-3-4-12-21-19/h3-4,7-12,17H,5-6,13-15H2,1-2H3. The maximum Gasteiger partial charge on any atom is 0.227 e. The van der Waals surface area contributed by atoms with E-state index >= 15 is 0 Å². The largest absolute Gasteiger partial charge is 0.497 e. The van der Waals surface area contributed by atoms with Gasteiger partial charge in [-0.05, 0) is 42.7 Å². The highest BCUT2D eigenvalue weighted by Crippen LogP contribution is 2.21. The number of piperidine rings is 1. The summed E-state index contributed by atoms with van der Waals surface area (Å²) >= 11 is 0. The molecule has 1 aliphatic rings. The summed E-state index contributed by atoms with van der Waals surface area (Å²) in [5.74, 6) is 1.95. The Morgan fingerprint density at radius 1 is 1.28 bits per heavy atom. The third-order valence-corrected chi connectivity index (χ3v) is 4.83. The molecule has 1 saturated heterocycles. The predicted octanol–water partition coefficient (Wildman–Crippen LogP) is 2.76. The molecule has 0 spiro atoms. The minimum absolute atomic E-state index is 0.151. The van der Waals surface area contributed by atoms with Crippen molar-refractivity contribution in [3.05, 3.63) is 54.2 Å². The van der Waals surface area contributed by atoms with E-state index in [-0.39, 0.29) is 11.9 Å². The van der Waals surface area contributed by atoms with Crippen molar-refractivity contribution in [2.75, 3.05) is 32.1 Å². The third kappa shape index (κ3) is 4.29. The minimum atomic E-state index is 0.151. The number of methoxy groups -OCH3 is 1. The molecule has 2 aromatic rings. The van der Waals surface area contributed by atoms with Crippen LogP contribution in [0.15, 0.2) is 48.7 Å². The fourth-order valence-corrected chi connectivity index (χ4v) is 3.27. The number of rotatable bonds is 5. The Labute approximate surface area is 149 Å². The Bertz CT molecular complexity index is 688. The molecule has 0 N–H and O–H groups in total. The van der Waals surface area contributed by atoms with E-state index in [4.69, 9.17) is 4.74 Å². The van der Waals surface area contributed by atoms with Gasteiger partial charge in [-0.25, -0.2) is 4.98 Å². The number of carbonyl (C=O) groups is 1. The summed E-state index contributed by atoms with van der Waals surface area (Å²) in [6.07, 6.45) is 4.34. The summed E-state index contributed by atoms with van der Waals surface area (Å²) in [4.78, 5) is 21.3. The van der Waals surface area contributed by atoms with E-state index in [0.717, 1.165) is 43.1 Å². The molecule has 1 fully saturated rings. The zero-order valence-corrected chi connectivity index (χ0v) is 14.9. The number of nitrogens with zero attached hydrogens (tertiary/aromatic N) is 3. The van der Waals surface area contributed by atoms with Crippen LogP contribution < -0.4 is 9.64 Å². The molecular formula is C20H25N3O2. The lowest BCUT2D eigenvalue weighted by Gasteiger charge is -2.38. The van der Waals surface area contributed by atoms with Gasteiger partial charge in [0.2, 0.25) is 5.91 Å². The Morgan fingerprint density at radius 2 is 2.08 bits per heavy atom. The van der Waals surface area contributed by atoms with Gasteiger partial charge in [-0.2, -0.15) is 0 Å². The second kappa shape index (κ2) is 8.01. The van der Waals surface area contributed by atoms with Gasteiger partial charge in [-0.3, -0.25) is 4.79 Å². The van der Waals surface area contributed by atoms with Gasteiger partial charge in [0.15, 0.2) is 0 Å². The lowest BCUT2D eigenvalue weighted by molar-refractivity contribution is -0.131. The first-order valence-electron chi connectivity index (χ1n) is 8.72. The fraction of sp³-hybridized carbons (Fsp3) is 0.400. The molecule has 5 heteroatoms. The molecule has 0 aliphatic carbocycles. The molecule has 1 atom stereocenters. The van der Waals surface area contributed by atoms with Crippen molar-refractivity contribution in [1.82, 2.24) is 9.88 Å². The number of aromatic nitrogens is 1. The zero-order chi connectivity index (χ0) is 17.6. The molecule has 2 heterocycles. The smallest absolute Gasteiger partial charge is 0.227 e. The van der Waals surface area contributed by atoms with E-state index in [0.29, 0.717) is 6.42 Å². The van der Waals surface area contributed by atoms with Crippen LogP contribution in [0, 0.1) is 0 Å². The van der Waals surface area contributed by atoms with Gasteiger partial charge in [0, 0.05) is 32.4 Å². The van der Waals surface area contributed by atoms with Crippen molar-refractivity contribution in [3.63, 3.8) is 0 Å². The van der Waals surface area contributed by atoms with Crippen molar-refractivity contribution in [3.8, 4) is 5.75 Å². The third-order valence-electron chi connectivity index (χ3n) is 4.83. The van der Waals surface area contributed by atoms with Crippen LogP contribution in [0.25, 0.3) is 0 Å². The quantitative estimate of drug-likeness (QED) is 0.840. The van der Waals surface area contributed by atoms with Crippen LogP contribution >= 0.6 is 0 Å². The molecule has 1 aromatic carbocycles. The van der Waals surface area contributed by atoms with E-state index in [9.17, 15) is 4.79 Å². The molecule has 1 aromatic heterocycles. The highest BCUT2D eigenvalue weighted by Gasteiger charge is 2.26. The summed E-state index contributed by atoms with van der Waals surface area (Å²) in [5.41, 5.74) is 1.01. The molecule has 5 nitrogen and oxygen atoms in total. The van der Waals surface area contributed by atoms with Crippen LogP contribution in [0.2, 0.25) is 0 Å². The SMILES string of the molecule is COc1ccc(CC(=O)N(C)C2CCCN(c3ccccn3)C2)cc1. The lowest BCUT2D eigenvalue weighted by atomic mass is 10.0. The highest BCUT2D eigenvalue weighted by molar-refractivity contribution is 5.79. The number of amides is 1. The summed E-state index contributed by atoms with van der Waals surface area (Å²) in [6, 6.07) is 13.9. The van der Waals surface area contributed by atoms with Gasteiger partial charge in [0.05, 0.1) is 13.5 Å². The van der Waals surface area contributed by atoms with Crippen molar-refractivity contribution in [2.45, 2.75) is 25.3 Å². The maximum atomic E-state index is 12.7. The van der Waals surface area contributed by atoms with E-state index < -0.39 is 0 Å². The molecule has 0 bridgehead atoms. The normalized spacial score (nSPS) is 17.2. The molecule has 132 valence electrons. The van der Waals surface area contributed by atoms with Gasteiger partial charge in [0.25, 0.3) is 0 Å². The van der Waals surface area contributed by atoms with Crippen molar-refractivity contribution < 1.29 is 9.53 Å². The summed E-state index contributed by atoms with van der Waals surface area (Å²) in [5, 5.41) is 0. The van der Waals surface area contributed by atoms with Crippen LogP contribution in [0.4, 0.5) is 5.82 Å². The first-order valence-corrected chi connectivity index (χ1v) is 8.72. The number of anilines is 1. The fourth-order valence-electron chi connectivity index (χ4n) is 3.27. The van der Waals surface area contributed by atoms with E-state index in [2.05, 4.69) is 9.88 Å². The molecule has 1 amide bonds. The number of ether oxygens (including phenoxy) is 1. The molecule has 1 unspecified atom stereocenters. The second-order valence-corrected chi connectivity index (χ2v) is 6.46. The van der Waals surface area contributed by atoms with Crippen LogP contribution in [-0.4, -0.2) is 49.1 Å². The number of hydrogen-bond donors (Lipinski definition) is 0. The highest BCUT2D eigenvalue weighted by atomic mass is 16.5. The second-order valence-electron chi connectivity index (χ2n) is 6.46. The van der Waals surface area contributed by atoms with Gasteiger partial charge < -0.3 is 14.5 Å². The van der Waals surface area contributed by atoms with Crippen LogP contribution in [0.1, 0.15) is 18.4 Å². The molecule has 0 radical (unpaired) electrons. The molecule has 1 aliphatic heterocycles. The number of pyridine rings is 1. The van der Waals surface area contributed by atoms with Crippen molar-refractivity contribution in [1.29, 1.82) is 0 Å². The monoisotopic (exact) mass is 339 g/mol. The average Bonchev–Trinajstić information content (AvgIpc) is 2.68. The van der Waals surface area contributed by atoms with Gasteiger partial charge >= 0.3 is 0 Å². The van der Waals surface area contributed by atoms with Crippen molar-refractivity contribution in [2.24, 2.45) is 0 Å². The Balaban J connectivity index is 1.61. The maximum absolute atomic E-state index is 12.7. The number of likely N-dealkylation sites (N-methyl/N-ethyl adjacent to an activating group) is 1. The molecule has 0 saturated carbocycles. The van der Waals surface area contributed by atoms with Crippen LogP contribution in [-0.2, 0) is 11.2 Å². The van der Waals surface area contributed by atoms with Crippen LogP contribution in [0.3, 0.4) is 0 Å². The first kappa shape index (κ1) is 17.3. The van der Waals surface area contributed by atoms with Gasteiger partial charge in [-0.1, -0.05) is 18.2 Å². The van der Waals surface area contributed by atoms with E-state index in [1.807, 2.05) is 60.6 Å². The lowest BCUT2D eigenvalue weighted by Crippen LogP contribution is -2.49. The van der Waals surface area contributed by atoms with E-state index in [1.54, 1.807) is 7.11 Å². The molecule has 25 heavy (non-hydrogen) atoms. The molecular weight excluding hydrogens is 314 g/mol. The summed E-state index contributed by atoms with van der Waals surface area (Å²) < 4.78 is 5.16. The van der Waals surface area contributed by atoms with Gasteiger partial charge in [-0.15, -0.1) is 0 Å². The van der Waals surface area contributed by atoms with E-state index in [1.165, 1.54) is 0 Å². The van der Waals surface area contributed by atoms with Gasteiger partial charge in [0.1, 0.15) is 11.6 Å². The number of hydrogen-bond acceptors (Lipinski definition) is 4. The average molecular weight is 339 g/mol. The van der Waals surface area contributed by atoms with Crippen molar-refractivity contribution >= 4 is 11.7 Å². The summed E-state index contributed by atoms with van der Waals surface area (Å²) in [7, 11) is 3.56. The predicted molar refractivity (Wildman–Crippen MR) is 98.9 cm³/mol. The number of benzene rings is 1. The minimum Gasteiger partial charge on any atom is -0.497 e. The molecule has 3 rings (SSSR count). The Morgan fingerprint density at radius 3 is 2.76 bits per heavy atom.